The van der Waals surface area contributed by atoms with Crippen LogP contribution in [0.1, 0.15) is 79.1 Å². The fraction of sp³-hybridized carbons (Fsp3) is 0.882. The molecule has 0 heterocycles. The average molecular weight is 299 g/mol. The van der Waals surface area contributed by atoms with Crippen molar-refractivity contribution in [3.63, 3.8) is 0 Å². The Kier molecular flexibility index (Phi) is 11.0. The number of carbonyl (C=O) groups is 2. The highest BCUT2D eigenvalue weighted by Crippen LogP contribution is 2.13. The summed E-state index contributed by atoms with van der Waals surface area (Å²) in [4.78, 5) is 23.1. The number of unbranched alkanes of at least 4 members (excludes halogenated alkanes) is 6. The summed E-state index contributed by atoms with van der Waals surface area (Å²) in [5.41, 5.74) is 0. The van der Waals surface area contributed by atoms with Gasteiger partial charge in [-0.1, -0.05) is 72.6 Å². The highest BCUT2D eigenvalue weighted by molar-refractivity contribution is 5.84. The predicted octanol–water partition coefficient (Wildman–Crippen LogP) is 3.99. The Morgan fingerprint density at radius 3 is 1.95 bits per heavy atom. The molecule has 0 aromatic heterocycles. The third-order valence-electron chi connectivity index (χ3n) is 3.92. The second kappa shape index (κ2) is 11.6. The first-order valence-corrected chi connectivity index (χ1v) is 8.43. The van der Waals surface area contributed by atoms with Crippen molar-refractivity contribution in [1.29, 1.82) is 0 Å². The first kappa shape index (κ1) is 19.9. The van der Waals surface area contributed by atoms with E-state index in [9.17, 15) is 9.59 Å². The minimum atomic E-state index is -0.957. The maximum Gasteiger partial charge on any atom is 0.326 e. The smallest absolute Gasteiger partial charge is 0.326 e. The van der Waals surface area contributed by atoms with Crippen LogP contribution in [0.2, 0.25) is 0 Å². The number of carbonyl (C=O) groups excluding carboxylic acids is 1. The van der Waals surface area contributed by atoms with Crippen LogP contribution < -0.4 is 5.32 Å². The Labute approximate surface area is 129 Å². The van der Waals surface area contributed by atoms with Crippen LogP contribution in [-0.2, 0) is 9.59 Å². The van der Waals surface area contributed by atoms with Crippen LogP contribution in [0.15, 0.2) is 0 Å². The van der Waals surface area contributed by atoms with Gasteiger partial charge in [-0.15, -0.1) is 0 Å². The number of amides is 1. The molecule has 0 aliphatic heterocycles. The molecule has 2 N–H and O–H groups in total. The Balaban J connectivity index is 3.87. The van der Waals surface area contributed by atoms with E-state index >= 15 is 0 Å². The number of carboxylic acids is 1. The van der Waals surface area contributed by atoms with Crippen LogP contribution in [0.25, 0.3) is 0 Å². The van der Waals surface area contributed by atoms with Gasteiger partial charge in [-0.05, 0) is 12.3 Å². The fourth-order valence-corrected chi connectivity index (χ4v) is 2.35. The van der Waals surface area contributed by atoms with Crippen molar-refractivity contribution in [2.45, 2.75) is 85.1 Å². The van der Waals surface area contributed by atoms with E-state index in [1.807, 2.05) is 6.92 Å². The molecule has 0 aliphatic carbocycles. The monoisotopic (exact) mass is 299 g/mol. The molecule has 4 heteroatoms. The molecule has 1 amide bonds. The average Bonchev–Trinajstić information content (AvgIpc) is 2.42. The third-order valence-corrected chi connectivity index (χ3v) is 3.92. The van der Waals surface area contributed by atoms with Gasteiger partial charge in [-0.2, -0.15) is 0 Å². The molecule has 0 saturated carbocycles. The zero-order valence-electron chi connectivity index (χ0n) is 14.2. The largest absolute Gasteiger partial charge is 0.480 e. The molecule has 0 saturated heterocycles. The third kappa shape index (κ3) is 9.48. The normalized spacial score (nSPS) is 14.0. The van der Waals surface area contributed by atoms with E-state index in [4.69, 9.17) is 5.11 Å². The number of nitrogens with one attached hydrogen (secondary N) is 1. The molecule has 0 aliphatic rings. The zero-order chi connectivity index (χ0) is 16.3. The SMILES string of the molecule is CCCCCCCCCC(C)C(=O)N[C@H](C(=O)O)C(C)C. The fourth-order valence-electron chi connectivity index (χ4n) is 2.35. The minimum Gasteiger partial charge on any atom is -0.480 e. The molecule has 0 fully saturated rings. The lowest BCUT2D eigenvalue weighted by molar-refractivity contribution is -0.143. The Morgan fingerprint density at radius 2 is 1.48 bits per heavy atom. The standard InChI is InChI=1S/C17H33NO3/c1-5-6-7-8-9-10-11-12-14(4)16(19)18-15(13(2)3)17(20)21/h13-15H,5-12H2,1-4H3,(H,18,19)(H,20,21)/t14?,15-/m0/s1. The molecule has 0 bridgehead atoms. The van der Waals surface area contributed by atoms with Crippen molar-refractivity contribution in [2.24, 2.45) is 11.8 Å². The molecule has 4 nitrogen and oxygen atoms in total. The highest BCUT2D eigenvalue weighted by Gasteiger charge is 2.25. The quantitative estimate of drug-likeness (QED) is 0.535. The van der Waals surface area contributed by atoms with Gasteiger partial charge in [0, 0.05) is 5.92 Å². The van der Waals surface area contributed by atoms with Crippen LogP contribution in [0.5, 0.6) is 0 Å². The van der Waals surface area contributed by atoms with Crippen LogP contribution in [0, 0.1) is 11.8 Å². The van der Waals surface area contributed by atoms with E-state index in [1.54, 1.807) is 13.8 Å². The van der Waals surface area contributed by atoms with E-state index in [0.717, 1.165) is 19.3 Å². The minimum absolute atomic E-state index is 0.0998. The maximum atomic E-state index is 12.0. The van der Waals surface area contributed by atoms with Crippen molar-refractivity contribution in [1.82, 2.24) is 5.32 Å². The molecule has 0 rings (SSSR count). The molecule has 21 heavy (non-hydrogen) atoms. The second-order valence-electron chi connectivity index (χ2n) is 6.38. The van der Waals surface area contributed by atoms with E-state index < -0.39 is 12.0 Å². The second-order valence-corrected chi connectivity index (χ2v) is 6.38. The van der Waals surface area contributed by atoms with Gasteiger partial charge in [0.05, 0.1) is 0 Å². The van der Waals surface area contributed by atoms with Crippen molar-refractivity contribution >= 4 is 11.9 Å². The van der Waals surface area contributed by atoms with Gasteiger partial charge in [-0.3, -0.25) is 4.79 Å². The van der Waals surface area contributed by atoms with E-state index in [1.165, 1.54) is 32.1 Å². The number of aliphatic carboxylic acids is 1. The summed E-state index contributed by atoms with van der Waals surface area (Å²) in [7, 11) is 0. The summed E-state index contributed by atoms with van der Waals surface area (Å²) in [6, 6.07) is -0.783. The topological polar surface area (TPSA) is 66.4 Å². The van der Waals surface area contributed by atoms with Crippen molar-refractivity contribution in [3.05, 3.63) is 0 Å². The first-order valence-electron chi connectivity index (χ1n) is 8.43. The molecule has 0 aromatic carbocycles. The molecular weight excluding hydrogens is 266 g/mol. The van der Waals surface area contributed by atoms with Crippen LogP contribution in [-0.4, -0.2) is 23.0 Å². The van der Waals surface area contributed by atoms with Crippen LogP contribution >= 0.6 is 0 Å². The number of hydrogen-bond acceptors (Lipinski definition) is 2. The summed E-state index contributed by atoms with van der Waals surface area (Å²) in [5, 5.41) is 11.7. The van der Waals surface area contributed by atoms with Crippen molar-refractivity contribution in [3.8, 4) is 0 Å². The van der Waals surface area contributed by atoms with Crippen LogP contribution in [0.3, 0.4) is 0 Å². The number of rotatable bonds is 12. The first-order chi connectivity index (χ1) is 9.90. The summed E-state index contributed by atoms with van der Waals surface area (Å²) in [5.74, 6) is -1.30. The van der Waals surface area contributed by atoms with E-state index in [2.05, 4.69) is 12.2 Å². The Bertz CT molecular complexity index is 302. The summed E-state index contributed by atoms with van der Waals surface area (Å²) >= 11 is 0. The van der Waals surface area contributed by atoms with Gasteiger partial charge in [-0.25, -0.2) is 4.79 Å². The van der Waals surface area contributed by atoms with Crippen LogP contribution in [0.4, 0.5) is 0 Å². The van der Waals surface area contributed by atoms with Gasteiger partial charge in [0.15, 0.2) is 0 Å². The van der Waals surface area contributed by atoms with Gasteiger partial charge in [0.2, 0.25) is 5.91 Å². The summed E-state index contributed by atoms with van der Waals surface area (Å²) in [6.45, 7) is 7.70. The van der Waals surface area contributed by atoms with Crippen molar-refractivity contribution in [2.75, 3.05) is 0 Å². The summed E-state index contributed by atoms with van der Waals surface area (Å²) in [6.07, 6.45) is 9.43. The predicted molar refractivity (Wildman–Crippen MR) is 86.2 cm³/mol. The Hall–Kier alpha value is -1.06. The highest BCUT2D eigenvalue weighted by atomic mass is 16.4. The molecular formula is C17H33NO3. The summed E-state index contributed by atoms with van der Waals surface area (Å²) < 4.78 is 0. The lowest BCUT2D eigenvalue weighted by atomic mass is 9.99. The lowest BCUT2D eigenvalue weighted by Crippen LogP contribution is -2.46. The molecule has 0 spiro atoms. The van der Waals surface area contributed by atoms with Gasteiger partial charge in [0.25, 0.3) is 0 Å². The van der Waals surface area contributed by atoms with E-state index in [0.29, 0.717) is 0 Å². The zero-order valence-corrected chi connectivity index (χ0v) is 14.2. The molecule has 0 radical (unpaired) electrons. The number of hydrogen-bond donors (Lipinski definition) is 2. The molecule has 0 aromatic rings. The number of carboxylic acid groups (broad SMARTS) is 1. The van der Waals surface area contributed by atoms with Gasteiger partial charge >= 0.3 is 5.97 Å². The van der Waals surface area contributed by atoms with Gasteiger partial charge < -0.3 is 10.4 Å². The van der Waals surface area contributed by atoms with Crippen molar-refractivity contribution < 1.29 is 14.7 Å². The Morgan fingerprint density at radius 1 is 0.952 bits per heavy atom. The molecule has 124 valence electrons. The molecule has 2 atom stereocenters. The molecule has 1 unspecified atom stereocenters. The maximum absolute atomic E-state index is 12.0. The van der Waals surface area contributed by atoms with E-state index in [-0.39, 0.29) is 17.7 Å². The van der Waals surface area contributed by atoms with Gasteiger partial charge in [0.1, 0.15) is 6.04 Å². The lowest BCUT2D eigenvalue weighted by Gasteiger charge is -2.20.